The van der Waals surface area contributed by atoms with E-state index in [1.165, 1.54) is 26.4 Å². The van der Waals surface area contributed by atoms with E-state index in [-0.39, 0.29) is 12.1 Å². The van der Waals surface area contributed by atoms with E-state index in [0.29, 0.717) is 0 Å². The van der Waals surface area contributed by atoms with Crippen LogP contribution in [0.25, 0.3) is 0 Å². The fourth-order valence-corrected chi connectivity index (χ4v) is 2.87. The van der Waals surface area contributed by atoms with Gasteiger partial charge in [0.05, 0.1) is 13.2 Å². The largest absolute Gasteiger partial charge is 0.468 e. The zero-order chi connectivity index (χ0) is 14.1. The van der Waals surface area contributed by atoms with Crippen molar-refractivity contribution in [3.8, 4) is 0 Å². The third-order valence-corrected chi connectivity index (χ3v) is 3.91. The van der Waals surface area contributed by atoms with Gasteiger partial charge in [-0.3, -0.25) is 4.79 Å². The van der Waals surface area contributed by atoms with Gasteiger partial charge in [0.25, 0.3) is 0 Å². The van der Waals surface area contributed by atoms with Crippen LogP contribution in [0.4, 0.5) is 0 Å². The Hall–Kier alpha value is -0.610. The van der Waals surface area contributed by atoms with Crippen LogP contribution in [0.5, 0.6) is 0 Å². The Kier molecular flexibility index (Phi) is 7.39. The number of carbonyl (C=O) groups excluding carboxylic acids is 1. The predicted molar refractivity (Wildman–Crippen MR) is 76.2 cm³/mol. The molecule has 1 fully saturated rings. The van der Waals surface area contributed by atoms with Crippen molar-refractivity contribution in [3.05, 3.63) is 0 Å². The molecule has 0 amide bonds. The minimum absolute atomic E-state index is 0.147. The number of esters is 1. The second kappa shape index (κ2) is 8.54. The second-order valence-electron chi connectivity index (χ2n) is 5.40. The van der Waals surface area contributed by atoms with Crippen LogP contribution < -0.4 is 5.32 Å². The van der Waals surface area contributed by atoms with Crippen LogP contribution in [0.15, 0.2) is 0 Å². The Morgan fingerprint density at radius 3 is 2.74 bits per heavy atom. The first-order valence-electron chi connectivity index (χ1n) is 7.63. The molecule has 19 heavy (non-hydrogen) atoms. The van der Waals surface area contributed by atoms with E-state index in [9.17, 15) is 4.79 Å². The van der Waals surface area contributed by atoms with Crippen LogP contribution in [-0.2, 0) is 14.3 Å². The van der Waals surface area contributed by atoms with Crippen molar-refractivity contribution in [2.75, 3.05) is 20.3 Å². The number of hydrogen-bond acceptors (Lipinski definition) is 4. The van der Waals surface area contributed by atoms with Crippen molar-refractivity contribution in [2.45, 2.75) is 70.4 Å². The van der Waals surface area contributed by atoms with E-state index >= 15 is 0 Å². The number of hydrogen-bond donors (Lipinski definition) is 1. The number of unbranched alkanes of at least 4 members (excludes halogenated alkanes) is 3. The van der Waals surface area contributed by atoms with E-state index < -0.39 is 5.54 Å². The molecule has 4 nitrogen and oxygen atoms in total. The topological polar surface area (TPSA) is 47.6 Å². The Bertz CT molecular complexity index is 270. The lowest BCUT2D eigenvalue weighted by Crippen LogP contribution is -2.51. The molecule has 2 atom stereocenters. The van der Waals surface area contributed by atoms with Crippen molar-refractivity contribution in [1.82, 2.24) is 5.32 Å². The van der Waals surface area contributed by atoms with Crippen LogP contribution in [0.1, 0.15) is 58.8 Å². The molecule has 1 saturated carbocycles. The van der Waals surface area contributed by atoms with Gasteiger partial charge in [-0.25, -0.2) is 0 Å². The third kappa shape index (κ3) is 4.77. The van der Waals surface area contributed by atoms with Crippen LogP contribution in [-0.4, -0.2) is 37.9 Å². The highest BCUT2D eigenvalue weighted by atomic mass is 16.5. The molecule has 0 aromatic carbocycles. The zero-order valence-corrected chi connectivity index (χ0v) is 12.7. The summed E-state index contributed by atoms with van der Waals surface area (Å²) >= 11 is 0. The number of carbonyl (C=O) groups is 1. The molecule has 1 aliphatic carbocycles. The minimum atomic E-state index is -0.516. The van der Waals surface area contributed by atoms with Crippen molar-refractivity contribution < 1.29 is 14.3 Å². The fraction of sp³-hybridized carbons (Fsp3) is 0.933. The van der Waals surface area contributed by atoms with Gasteiger partial charge in [0.15, 0.2) is 0 Å². The summed E-state index contributed by atoms with van der Waals surface area (Å²) < 4.78 is 10.8. The van der Waals surface area contributed by atoms with Gasteiger partial charge in [-0.1, -0.05) is 33.1 Å². The highest BCUT2D eigenvalue weighted by Gasteiger charge is 2.46. The molecule has 4 heteroatoms. The first-order chi connectivity index (χ1) is 9.18. The molecule has 0 aromatic heterocycles. The standard InChI is InChI=1S/C15H29NO3/c1-4-6-7-8-11-19-13-9-10-15(12-13,16-5-2)14(17)18-3/h13,16H,4-12H2,1-3H3. The minimum Gasteiger partial charge on any atom is -0.468 e. The average Bonchev–Trinajstić information content (AvgIpc) is 2.83. The second-order valence-corrected chi connectivity index (χ2v) is 5.40. The van der Waals surface area contributed by atoms with Gasteiger partial charge in [0.2, 0.25) is 0 Å². The molecule has 0 bridgehead atoms. The van der Waals surface area contributed by atoms with E-state index in [1.54, 1.807) is 0 Å². The molecule has 1 aliphatic rings. The lowest BCUT2D eigenvalue weighted by atomic mass is 9.97. The van der Waals surface area contributed by atoms with Crippen molar-refractivity contribution in [1.29, 1.82) is 0 Å². The first-order valence-corrected chi connectivity index (χ1v) is 7.63. The third-order valence-electron chi connectivity index (χ3n) is 3.91. The zero-order valence-electron chi connectivity index (χ0n) is 12.7. The molecule has 0 aromatic rings. The van der Waals surface area contributed by atoms with Gasteiger partial charge < -0.3 is 14.8 Å². The maximum Gasteiger partial charge on any atom is 0.326 e. The average molecular weight is 271 g/mol. The Labute approximate surface area is 117 Å². The molecule has 1 N–H and O–H groups in total. The normalized spacial score (nSPS) is 26.6. The maximum absolute atomic E-state index is 11.9. The number of nitrogens with one attached hydrogen (secondary N) is 1. The molecule has 2 unspecified atom stereocenters. The van der Waals surface area contributed by atoms with Gasteiger partial charge >= 0.3 is 5.97 Å². The molecule has 112 valence electrons. The molecule has 1 rings (SSSR count). The first kappa shape index (κ1) is 16.4. The molecule has 0 saturated heterocycles. The van der Waals surface area contributed by atoms with Crippen LogP contribution >= 0.6 is 0 Å². The van der Waals surface area contributed by atoms with Crippen molar-refractivity contribution in [3.63, 3.8) is 0 Å². The number of rotatable bonds is 9. The highest BCUT2D eigenvalue weighted by Crippen LogP contribution is 2.33. The quantitative estimate of drug-likeness (QED) is 0.517. The lowest BCUT2D eigenvalue weighted by Gasteiger charge is -2.27. The van der Waals surface area contributed by atoms with Gasteiger partial charge in [-0.15, -0.1) is 0 Å². The summed E-state index contributed by atoms with van der Waals surface area (Å²) in [5.41, 5.74) is -0.516. The highest BCUT2D eigenvalue weighted by molar-refractivity contribution is 5.81. The molecular formula is C15H29NO3. The summed E-state index contributed by atoms with van der Waals surface area (Å²) in [5, 5.41) is 3.29. The summed E-state index contributed by atoms with van der Waals surface area (Å²) in [7, 11) is 1.46. The summed E-state index contributed by atoms with van der Waals surface area (Å²) in [6.45, 7) is 5.81. The van der Waals surface area contributed by atoms with Crippen LogP contribution in [0.2, 0.25) is 0 Å². The molecule has 0 radical (unpaired) electrons. The molecule has 0 spiro atoms. The number of likely N-dealkylation sites (N-methyl/N-ethyl adjacent to an activating group) is 1. The molecule has 0 heterocycles. The summed E-state index contributed by atoms with van der Waals surface area (Å²) in [6.07, 6.45) is 7.56. The van der Waals surface area contributed by atoms with Crippen molar-refractivity contribution in [2.24, 2.45) is 0 Å². The number of methoxy groups -OCH3 is 1. The van der Waals surface area contributed by atoms with E-state index in [2.05, 4.69) is 12.2 Å². The van der Waals surface area contributed by atoms with E-state index in [1.807, 2.05) is 6.92 Å². The Morgan fingerprint density at radius 2 is 2.11 bits per heavy atom. The monoisotopic (exact) mass is 271 g/mol. The SMILES string of the molecule is CCCCCCOC1CCC(NCC)(C(=O)OC)C1. The van der Waals surface area contributed by atoms with Gasteiger partial charge in [0, 0.05) is 13.0 Å². The van der Waals surface area contributed by atoms with Gasteiger partial charge in [-0.05, 0) is 25.8 Å². The summed E-state index contributed by atoms with van der Waals surface area (Å²) in [5.74, 6) is -0.147. The molecule has 0 aliphatic heterocycles. The summed E-state index contributed by atoms with van der Waals surface area (Å²) in [4.78, 5) is 11.9. The predicted octanol–water partition coefficient (Wildman–Crippen LogP) is 2.66. The smallest absolute Gasteiger partial charge is 0.326 e. The number of ether oxygens (including phenoxy) is 2. The fourth-order valence-electron chi connectivity index (χ4n) is 2.87. The van der Waals surface area contributed by atoms with Gasteiger partial charge in [-0.2, -0.15) is 0 Å². The van der Waals surface area contributed by atoms with Crippen molar-refractivity contribution >= 4 is 5.97 Å². The van der Waals surface area contributed by atoms with E-state index in [4.69, 9.17) is 9.47 Å². The van der Waals surface area contributed by atoms with E-state index in [0.717, 1.165) is 38.8 Å². The van der Waals surface area contributed by atoms with Crippen LogP contribution in [0, 0.1) is 0 Å². The van der Waals surface area contributed by atoms with Crippen LogP contribution in [0.3, 0.4) is 0 Å². The van der Waals surface area contributed by atoms with Gasteiger partial charge in [0.1, 0.15) is 5.54 Å². The lowest BCUT2D eigenvalue weighted by molar-refractivity contribution is -0.148. The molecular weight excluding hydrogens is 242 g/mol. The summed E-state index contributed by atoms with van der Waals surface area (Å²) in [6, 6.07) is 0. The maximum atomic E-state index is 11.9. The Morgan fingerprint density at radius 1 is 1.32 bits per heavy atom. The Balaban J connectivity index is 2.35.